The van der Waals surface area contributed by atoms with Gasteiger partial charge in [0.15, 0.2) is 0 Å². The molecule has 0 amide bonds. The molecular formula is C7H15NO5S. The molecule has 3 N–H and O–H groups in total. The van der Waals surface area contributed by atoms with E-state index in [4.69, 9.17) is 10.2 Å². The minimum absolute atomic E-state index is 0.348. The Labute approximate surface area is 83.0 Å². The van der Waals surface area contributed by atoms with E-state index in [2.05, 4.69) is 4.72 Å². The number of aliphatic hydroxyl groups is 1. The average Bonchev–Trinajstić information content (AvgIpc) is 1.99. The number of carboxylic acids is 1. The van der Waals surface area contributed by atoms with Crippen molar-refractivity contribution in [3.8, 4) is 0 Å². The summed E-state index contributed by atoms with van der Waals surface area (Å²) in [6, 6.07) is 0. The van der Waals surface area contributed by atoms with Crippen LogP contribution in [-0.2, 0) is 14.8 Å². The van der Waals surface area contributed by atoms with E-state index >= 15 is 0 Å². The fourth-order valence-electron chi connectivity index (χ4n) is 0.726. The van der Waals surface area contributed by atoms with Crippen molar-refractivity contribution in [1.82, 2.24) is 4.72 Å². The van der Waals surface area contributed by atoms with Crippen LogP contribution in [0, 0.1) is 0 Å². The molecule has 0 spiro atoms. The number of rotatable bonds is 6. The second kappa shape index (κ2) is 4.72. The number of aliphatic hydroxyl groups excluding tert-OH is 1. The van der Waals surface area contributed by atoms with Crippen molar-refractivity contribution >= 4 is 16.0 Å². The van der Waals surface area contributed by atoms with Crippen LogP contribution < -0.4 is 4.72 Å². The van der Waals surface area contributed by atoms with E-state index < -0.39 is 33.7 Å². The summed E-state index contributed by atoms with van der Waals surface area (Å²) in [6.45, 7) is 2.66. The summed E-state index contributed by atoms with van der Waals surface area (Å²) in [5.41, 5.74) is -0.961. The van der Waals surface area contributed by atoms with Gasteiger partial charge in [-0.1, -0.05) is 0 Å². The smallest absolute Gasteiger partial charge is 0.304 e. The number of carboxylic acid groups (broad SMARTS) is 1. The molecule has 0 heterocycles. The largest absolute Gasteiger partial charge is 0.481 e. The van der Waals surface area contributed by atoms with E-state index in [-0.39, 0.29) is 6.61 Å². The molecule has 0 aliphatic carbocycles. The van der Waals surface area contributed by atoms with Crippen LogP contribution in [0.15, 0.2) is 0 Å². The number of sulfonamides is 1. The maximum Gasteiger partial charge on any atom is 0.304 e. The summed E-state index contributed by atoms with van der Waals surface area (Å²) >= 11 is 0. The Morgan fingerprint density at radius 1 is 1.43 bits per heavy atom. The molecule has 84 valence electrons. The van der Waals surface area contributed by atoms with Gasteiger partial charge in [0.05, 0.1) is 24.3 Å². The summed E-state index contributed by atoms with van der Waals surface area (Å²) in [7, 11) is -3.64. The number of nitrogens with one attached hydrogen (secondary N) is 1. The molecule has 0 radical (unpaired) electrons. The van der Waals surface area contributed by atoms with Crippen LogP contribution in [0.3, 0.4) is 0 Å². The van der Waals surface area contributed by atoms with Crippen LogP contribution >= 0.6 is 0 Å². The van der Waals surface area contributed by atoms with Gasteiger partial charge in [-0.25, -0.2) is 13.1 Å². The van der Waals surface area contributed by atoms with Crippen LogP contribution in [0.25, 0.3) is 0 Å². The number of hydrogen-bond donors (Lipinski definition) is 3. The van der Waals surface area contributed by atoms with Gasteiger partial charge in [-0.15, -0.1) is 0 Å². The molecule has 0 aromatic rings. The standard InChI is InChI=1S/C7H15NO5S/c1-7(2,5-9)8-14(12,13)4-3-6(10)11/h8-9H,3-5H2,1-2H3,(H,10,11). The molecule has 0 unspecified atom stereocenters. The first-order valence-corrected chi connectivity index (χ1v) is 5.68. The zero-order valence-electron chi connectivity index (χ0n) is 8.15. The fourth-order valence-corrected chi connectivity index (χ4v) is 2.18. The third kappa shape index (κ3) is 5.90. The fraction of sp³-hybridized carbons (Fsp3) is 0.857. The third-order valence-electron chi connectivity index (χ3n) is 1.41. The van der Waals surface area contributed by atoms with Crippen molar-refractivity contribution in [3.05, 3.63) is 0 Å². The number of aliphatic carboxylic acids is 1. The summed E-state index contributed by atoms with van der Waals surface area (Å²) in [5.74, 6) is -1.65. The molecule has 0 aromatic carbocycles. The lowest BCUT2D eigenvalue weighted by Gasteiger charge is -2.22. The average molecular weight is 225 g/mol. The van der Waals surface area contributed by atoms with E-state index in [0.29, 0.717) is 0 Å². The predicted molar refractivity (Wildman–Crippen MR) is 50.3 cm³/mol. The van der Waals surface area contributed by atoms with Crippen molar-refractivity contribution in [2.45, 2.75) is 25.8 Å². The van der Waals surface area contributed by atoms with E-state index in [1.165, 1.54) is 13.8 Å². The summed E-state index contributed by atoms with van der Waals surface area (Å²) in [6.07, 6.45) is -0.448. The van der Waals surface area contributed by atoms with Gasteiger partial charge in [0.2, 0.25) is 10.0 Å². The third-order valence-corrected chi connectivity index (χ3v) is 3.02. The van der Waals surface area contributed by atoms with E-state index in [0.717, 1.165) is 0 Å². The Morgan fingerprint density at radius 2 is 1.93 bits per heavy atom. The first-order valence-electron chi connectivity index (χ1n) is 4.03. The molecule has 0 saturated heterocycles. The van der Waals surface area contributed by atoms with E-state index in [9.17, 15) is 13.2 Å². The van der Waals surface area contributed by atoms with Crippen molar-refractivity contribution < 1.29 is 23.4 Å². The van der Waals surface area contributed by atoms with Gasteiger partial charge in [0.1, 0.15) is 0 Å². The lowest BCUT2D eigenvalue weighted by Crippen LogP contribution is -2.47. The first-order chi connectivity index (χ1) is 6.18. The topological polar surface area (TPSA) is 104 Å². The first kappa shape index (κ1) is 13.3. The summed E-state index contributed by atoms with van der Waals surface area (Å²) in [4.78, 5) is 10.1. The molecule has 0 atom stereocenters. The Bertz CT molecular complexity index is 295. The maximum absolute atomic E-state index is 11.2. The highest BCUT2D eigenvalue weighted by molar-refractivity contribution is 7.89. The quantitative estimate of drug-likeness (QED) is 0.546. The van der Waals surface area contributed by atoms with Crippen molar-refractivity contribution in [2.24, 2.45) is 0 Å². The van der Waals surface area contributed by atoms with E-state index in [1.807, 2.05) is 0 Å². The highest BCUT2D eigenvalue weighted by Crippen LogP contribution is 2.03. The van der Waals surface area contributed by atoms with Gasteiger partial charge in [-0.3, -0.25) is 4.79 Å². The van der Waals surface area contributed by atoms with Crippen LogP contribution in [-0.4, -0.2) is 42.5 Å². The predicted octanol–water partition coefficient (Wildman–Crippen LogP) is -0.849. The molecule has 0 fully saturated rings. The molecular weight excluding hydrogens is 210 g/mol. The Hall–Kier alpha value is -0.660. The van der Waals surface area contributed by atoms with Crippen molar-refractivity contribution in [1.29, 1.82) is 0 Å². The Balaban J connectivity index is 4.29. The van der Waals surface area contributed by atoms with Gasteiger partial charge < -0.3 is 10.2 Å². The van der Waals surface area contributed by atoms with Gasteiger partial charge >= 0.3 is 5.97 Å². The minimum Gasteiger partial charge on any atom is -0.481 e. The van der Waals surface area contributed by atoms with Crippen molar-refractivity contribution in [2.75, 3.05) is 12.4 Å². The Kier molecular flexibility index (Phi) is 4.50. The minimum atomic E-state index is -3.64. The van der Waals surface area contributed by atoms with Crippen LogP contribution in [0.2, 0.25) is 0 Å². The Morgan fingerprint density at radius 3 is 2.29 bits per heavy atom. The normalized spacial score (nSPS) is 12.8. The number of hydrogen-bond acceptors (Lipinski definition) is 4. The molecule has 0 bridgehead atoms. The zero-order valence-corrected chi connectivity index (χ0v) is 8.97. The van der Waals surface area contributed by atoms with Crippen LogP contribution in [0.1, 0.15) is 20.3 Å². The molecule has 14 heavy (non-hydrogen) atoms. The van der Waals surface area contributed by atoms with E-state index in [1.54, 1.807) is 0 Å². The molecule has 0 aromatic heterocycles. The molecule has 6 nitrogen and oxygen atoms in total. The highest BCUT2D eigenvalue weighted by Gasteiger charge is 2.24. The second-order valence-electron chi connectivity index (χ2n) is 3.61. The van der Waals surface area contributed by atoms with Crippen LogP contribution in [0.5, 0.6) is 0 Å². The lowest BCUT2D eigenvalue weighted by molar-refractivity contribution is -0.136. The molecule has 0 rings (SSSR count). The highest BCUT2D eigenvalue weighted by atomic mass is 32.2. The van der Waals surface area contributed by atoms with Gasteiger partial charge in [0, 0.05) is 0 Å². The summed E-state index contributed by atoms with van der Waals surface area (Å²) in [5, 5.41) is 17.1. The molecule has 7 heteroatoms. The van der Waals surface area contributed by atoms with Crippen LogP contribution in [0.4, 0.5) is 0 Å². The second-order valence-corrected chi connectivity index (χ2v) is 5.45. The number of carbonyl (C=O) groups is 1. The monoisotopic (exact) mass is 225 g/mol. The molecule has 0 aliphatic heterocycles. The van der Waals surface area contributed by atoms with Gasteiger partial charge in [-0.05, 0) is 13.8 Å². The zero-order chi connectivity index (χ0) is 11.4. The lowest BCUT2D eigenvalue weighted by atomic mass is 10.1. The molecule has 0 aliphatic rings. The molecule has 0 saturated carbocycles. The SMILES string of the molecule is CC(C)(CO)NS(=O)(=O)CCC(=O)O. The van der Waals surface area contributed by atoms with Gasteiger partial charge in [-0.2, -0.15) is 0 Å². The maximum atomic E-state index is 11.2. The summed E-state index contributed by atoms with van der Waals surface area (Å²) < 4.78 is 24.6. The van der Waals surface area contributed by atoms with Crippen molar-refractivity contribution in [3.63, 3.8) is 0 Å². The van der Waals surface area contributed by atoms with Gasteiger partial charge in [0.25, 0.3) is 0 Å².